The lowest BCUT2D eigenvalue weighted by Gasteiger charge is -2.50. The van der Waals surface area contributed by atoms with Crippen molar-refractivity contribution in [3.63, 3.8) is 0 Å². The average molecular weight is 989 g/mol. The Morgan fingerprint density at radius 3 is 1.32 bits per heavy atom. The van der Waals surface area contributed by atoms with E-state index in [0.29, 0.717) is 0 Å². The van der Waals surface area contributed by atoms with Crippen LogP contribution in [-0.2, 0) is 86.5 Å². The molecular formula is C28H48N2O30S3. The minimum absolute atomic E-state index is 0.908. The second kappa shape index (κ2) is 21.7. The summed E-state index contributed by atoms with van der Waals surface area (Å²) in [5.41, 5.74) is 0. The largest absolute Gasteiger partial charge is 0.397 e. The topological polar surface area (TPSA) is 496 Å². The number of nitrogens with one attached hydrogen (secondary N) is 2. The first kappa shape index (κ1) is 53.5. The van der Waals surface area contributed by atoms with Crippen molar-refractivity contribution < 1.29 is 140 Å². The van der Waals surface area contributed by atoms with Gasteiger partial charge in [0.2, 0.25) is 11.8 Å². The average Bonchev–Trinajstić information content (AvgIpc) is 3.16. The van der Waals surface area contributed by atoms with E-state index in [1.807, 2.05) is 0 Å². The summed E-state index contributed by atoms with van der Waals surface area (Å²) in [6.45, 7) is -3.04. The van der Waals surface area contributed by atoms with Crippen LogP contribution in [0.3, 0.4) is 0 Å². The van der Waals surface area contributed by atoms with Crippen molar-refractivity contribution in [2.75, 3.05) is 26.4 Å². The lowest BCUT2D eigenvalue weighted by molar-refractivity contribution is -0.376. The second-order valence-corrected chi connectivity index (χ2v) is 17.5. The van der Waals surface area contributed by atoms with Crippen molar-refractivity contribution in [3.8, 4) is 0 Å². The monoisotopic (exact) mass is 988 g/mol. The Hall–Kier alpha value is -2.09. The van der Waals surface area contributed by atoms with Crippen LogP contribution in [0.2, 0.25) is 0 Å². The van der Waals surface area contributed by atoms with Gasteiger partial charge in [-0.05, 0) is 0 Å². The molecule has 0 bridgehead atoms. The first-order chi connectivity index (χ1) is 29.0. The summed E-state index contributed by atoms with van der Waals surface area (Å²) >= 11 is 0. The molecule has 14 N–H and O–H groups in total. The number of carbonyl (C=O) groups excluding carboxylic acids is 2. The van der Waals surface area contributed by atoms with Gasteiger partial charge in [0.25, 0.3) is 0 Å². The number of aliphatic hydroxyl groups excluding tert-OH is 9. The number of aliphatic hydroxyl groups is 9. The van der Waals surface area contributed by atoms with Crippen LogP contribution in [0.1, 0.15) is 13.8 Å². The molecule has 4 rings (SSSR count). The van der Waals surface area contributed by atoms with Crippen LogP contribution in [-0.4, -0.2) is 246 Å². The van der Waals surface area contributed by atoms with Crippen molar-refractivity contribution in [1.29, 1.82) is 0 Å². The summed E-state index contributed by atoms with van der Waals surface area (Å²) in [6, 6.07) is -3.79. The fourth-order valence-electron chi connectivity index (χ4n) is 6.77. The minimum Gasteiger partial charge on any atom is -0.394 e. The lowest BCUT2D eigenvalue weighted by atomic mass is 9.94. The van der Waals surface area contributed by atoms with Crippen molar-refractivity contribution in [2.24, 2.45) is 0 Å². The molecule has 0 aromatic heterocycles. The van der Waals surface area contributed by atoms with Crippen molar-refractivity contribution >= 4 is 43.0 Å². The van der Waals surface area contributed by atoms with Gasteiger partial charge in [-0.1, -0.05) is 0 Å². The van der Waals surface area contributed by atoms with Crippen LogP contribution in [0.15, 0.2) is 0 Å². The number of amides is 2. The van der Waals surface area contributed by atoms with Gasteiger partial charge in [-0.3, -0.25) is 23.2 Å². The van der Waals surface area contributed by atoms with Gasteiger partial charge in [-0.25, -0.2) is 12.5 Å². The highest BCUT2D eigenvalue weighted by molar-refractivity contribution is 7.81. The Morgan fingerprint density at radius 1 is 0.476 bits per heavy atom. The Morgan fingerprint density at radius 2 is 0.857 bits per heavy atom. The van der Waals surface area contributed by atoms with E-state index in [2.05, 4.69) is 23.2 Å². The van der Waals surface area contributed by atoms with Crippen LogP contribution in [0.25, 0.3) is 0 Å². The van der Waals surface area contributed by atoms with Gasteiger partial charge in [0.1, 0.15) is 97.5 Å². The third-order valence-corrected chi connectivity index (χ3v) is 10.9. The molecule has 35 heteroatoms. The highest BCUT2D eigenvalue weighted by atomic mass is 32.3. The summed E-state index contributed by atoms with van der Waals surface area (Å²) in [6.07, 6.45) is -38.4. The highest BCUT2D eigenvalue weighted by Gasteiger charge is 2.56. The molecule has 4 fully saturated rings. The van der Waals surface area contributed by atoms with E-state index in [-0.39, 0.29) is 0 Å². The maximum absolute atomic E-state index is 12.4. The predicted octanol–water partition coefficient (Wildman–Crippen LogP) is -9.98. The van der Waals surface area contributed by atoms with E-state index in [0.717, 1.165) is 13.8 Å². The normalized spacial score (nSPS) is 41.7. The van der Waals surface area contributed by atoms with Gasteiger partial charge >= 0.3 is 31.2 Å². The quantitative estimate of drug-likeness (QED) is 0.0567. The zero-order valence-corrected chi connectivity index (χ0v) is 34.8. The standard InChI is InChI=1S/C28H48N2O30S3/c1-7(32)29-13-18(37)15(34)10(4-51-61(42,43)44)55-26(13)60-24-17(36)11(5-52-62(45,46)47)56-28(21(24)40)58-22-12(6-53-63(48,49)50)57-27(14(19(22)38)30-8(2)33)59-23-16(35)9(3-31)54-25(41)20(23)39/h9-28,31,34-41H,3-6H2,1-2H3,(H,29,32)(H,30,33)(H,42,43,44)(H,45,46,47)(H,48,49,50)/t9-,10-,11-,12-,13-,14-,15-,16+,17+,18-,19-,20-,21-,22-,23+,24+,25-,26+,27+,28+/m1/s1. The number of hydrogen-bond donors (Lipinski definition) is 14. The molecule has 0 aromatic carbocycles. The summed E-state index contributed by atoms with van der Waals surface area (Å²) < 4.78 is 148. The second-order valence-electron chi connectivity index (χ2n) is 14.2. The van der Waals surface area contributed by atoms with Gasteiger partial charge in [0, 0.05) is 13.8 Å². The highest BCUT2D eigenvalue weighted by Crippen LogP contribution is 2.35. The van der Waals surface area contributed by atoms with Gasteiger partial charge in [0.15, 0.2) is 25.2 Å². The van der Waals surface area contributed by atoms with E-state index < -0.39 is 192 Å². The fourth-order valence-corrected chi connectivity index (χ4v) is 7.68. The zero-order chi connectivity index (χ0) is 47.5. The summed E-state index contributed by atoms with van der Waals surface area (Å²) in [4.78, 5) is 24.4. The maximum Gasteiger partial charge on any atom is 0.397 e. The number of ether oxygens (including phenoxy) is 7. The van der Waals surface area contributed by atoms with Gasteiger partial charge < -0.3 is 89.8 Å². The number of hydrogen-bond acceptors (Lipinski definition) is 27. The van der Waals surface area contributed by atoms with Gasteiger partial charge in [-0.2, -0.15) is 25.3 Å². The fraction of sp³-hybridized carbons (Fsp3) is 0.929. The Labute approximate surface area is 356 Å². The molecule has 0 aromatic rings. The molecule has 4 aliphatic heterocycles. The zero-order valence-electron chi connectivity index (χ0n) is 32.3. The van der Waals surface area contributed by atoms with Crippen molar-refractivity contribution in [3.05, 3.63) is 0 Å². The molecule has 0 saturated carbocycles. The molecule has 20 atom stereocenters. The third kappa shape index (κ3) is 14.5. The Kier molecular flexibility index (Phi) is 18.4. The van der Waals surface area contributed by atoms with E-state index in [9.17, 15) is 89.9 Å². The molecule has 32 nitrogen and oxygen atoms in total. The molecule has 2 amide bonds. The van der Waals surface area contributed by atoms with E-state index in [4.69, 9.17) is 37.7 Å². The molecule has 4 heterocycles. The van der Waals surface area contributed by atoms with E-state index in [1.165, 1.54) is 0 Å². The van der Waals surface area contributed by atoms with Crippen LogP contribution in [0.4, 0.5) is 0 Å². The van der Waals surface area contributed by atoms with E-state index in [1.54, 1.807) is 0 Å². The molecule has 0 spiro atoms. The van der Waals surface area contributed by atoms with Crippen LogP contribution in [0.5, 0.6) is 0 Å². The molecule has 4 saturated heterocycles. The van der Waals surface area contributed by atoms with Crippen LogP contribution in [0, 0.1) is 0 Å². The molecule has 63 heavy (non-hydrogen) atoms. The van der Waals surface area contributed by atoms with Gasteiger partial charge in [-0.15, -0.1) is 0 Å². The maximum atomic E-state index is 12.4. The third-order valence-electron chi connectivity index (χ3n) is 9.61. The summed E-state index contributed by atoms with van der Waals surface area (Å²) in [5, 5.41) is 101. The van der Waals surface area contributed by atoms with Crippen LogP contribution >= 0.6 is 0 Å². The molecule has 0 unspecified atom stereocenters. The molecule has 368 valence electrons. The first-order valence-corrected chi connectivity index (χ1v) is 22.1. The number of carbonyl (C=O) groups is 2. The molecular weight excluding hydrogens is 940 g/mol. The summed E-state index contributed by atoms with van der Waals surface area (Å²) in [5.74, 6) is -1.87. The lowest BCUT2D eigenvalue weighted by Crippen LogP contribution is -2.70. The van der Waals surface area contributed by atoms with Crippen molar-refractivity contribution in [1.82, 2.24) is 10.6 Å². The van der Waals surface area contributed by atoms with Crippen molar-refractivity contribution in [2.45, 2.75) is 137 Å². The molecule has 4 aliphatic rings. The Balaban J connectivity index is 1.73. The van der Waals surface area contributed by atoms with E-state index >= 15 is 0 Å². The predicted molar refractivity (Wildman–Crippen MR) is 188 cm³/mol. The molecule has 0 aliphatic carbocycles. The minimum atomic E-state index is -5.38. The number of rotatable bonds is 18. The first-order valence-electron chi connectivity index (χ1n) is 18.0. The Bertz CT molecular complexity index is 1880. The smallest absolute Gasteiger partial charge is 0.394 e. The molecule has 0 radical (unpaired) electrons. The summed E-state index contributed by atoms with van der Waals surface area (Å²) in [7, 11) is -15.9. The van der Waals surface area contributed by atoms with Crippen LogP contribution < -0.4 is 10.6 Å². The van der Waals surface area contributed by atoms with Gasteiger partial charge in [0.05, 0.1) is 26.4 Å². The SMILES string of the molecule is CC(=O)N[C@H]1[C@H](O[C@@H]2[C@@H](O)[C@H](O)O[C@H](CO)[C@@H]2O)O[C@H](COS(=O)(=O)O)[C@@H](O[C@@H]2O[C@H](COS(=O)(=O)O)[C@H](O)[C@H](O[C@@H]3O[C@H](COS(=O)(=O)O)[C@@H](O)[C@H](O)[C@H]3NC(C)=O)[C@H]2O)[C@@H]1O.